The maximum absolute atomic E-state index is 9.30. The van der Waals surface area contributed by atoms with Gasteiger partial charge >= 0.3 is 0 Å². The summed E-state index contributed by atoms with van der Waals surface area (Å²) in [5, 5.41) is 9.30. The minimum absolute atomic E-state index is 0.478. The first-order valence-corrected chi connectivity index (χ1v) is 6.15. The quantitative estimate of drug-likeness (QED) is 0.850. The highest BCUT2D eigenvalue weighted by Gasteiger charge is 2.08. The molecule has 0 saturated heterocycles. The molecule has 0 bridgehead atoms. The molecule has 19 heavy (non-hydrogen) atoms. The smallest absolute Gasteiger partial charge is 0.102 e. The number of hydrogen-bond donors (Lipinski definition) is 1. The fourth-order valence-corrected chi connectivity index (χ4v) is 1.86. The van der Waals surface area contributed by atoms with Crippen LogP contribution in [-0.4, -0.2) is 4.98 Å². The van der Waals surface area contributed by atoms with Gasteiger partial charge < -0.3 is 5.73 Å². The lowest BCUT2D eigenvalue weighted by Crippen LogP contribution is -2.01. The molecule has 0 aliphatic heterocycles. The second-order valence-corrected chi connectivity index (χ2v) is 4.19. The van der Waals surface area contributed by atoms with E-state index in [1.54, 1.807) is 24.5 Å². The molecule has 3 heteroatoms. The number of pyridine rings is 1. The summed E-state index contributed by atoms with van der Waals surface area (Å²) in [7, 11) is 0. The van der Waals surface area contributed by atoms with Crippen LogP contribution >= 0.6 is 0 Å². The Hall–Kier alpha value is -2.60. The van der Waals surface area contributed by atoms with Gasteiger partial charge in [-0.1, -0.05) is 31.2 Å². The van der Waals surface area contributed by atoms with Crippen LogP contribution in [0.4, 0.5) is 0 Å². The Labute approximate surface area is 113 Å². The van der Waals surface area contributed by atoms with Gasteiger partial charge in [0, 0.05) is 12.4 Å². The fourth-order valence-electron chi connectivity index (χ4n) is 1.86. The van der Waals surface area contributed by atoms with Crippen molar-refractivity contribution in [1.82, 2.24) is 4.98 Å². The number of nitriles is 1. The van der Waals surface area contributed by atoms with Crippen molar-refractivity contribution < 1.29 is 0 Å². The van der Waals surface area contributed by atoms with Crippen LogP contribution in [0.25, 0.3) is 11.3 Å². The van der Waals surface area contributed by atoms with Crippen LogP contribution in [0.2, 0.25) is 0 Å². The Balaban J connectivity index is 2.46. The molecular formula is C16H15N3. The molecule has 0 saturated carbocycles. The number of allylic oxidation sites excluding steroid dienone is 1. The van der Waals surface area contributed by atoms with Gasteiger partial charge in [0.1, 0.15) is 6.07 Å². The molecule has 2 rings (SSSR count). The molecular weight excluding hydrogens is 234 g/mol. The van der Waals surface area contributed by atoms with Gasteiger partial charge in [-0.15, -0.1) is 0 Å². The number of benzene rings is 1. The van der Waals surface area contributed by atoms with Crippen molar-refractivity contribution >= 4 is 11.3 Å². The van der Waals surface area contributed by atoms with Gasteiger partial charge in [0.25, 0.3) is 0 Å². The van der Waals surface area contributed by atoms with Gasteiger partial charge in [-0.3, -0.25) is 4.98 Å². The maximum atomic E-state index is 9.30. The second kappa shape index (κ2) is 5.83. The maximum Gasteiger partial charge on any atom is 0.102 e. The molecule has 0 radical (unpaired) electrons. The number of nitrogens with zero attached hydrogens (tertiary/aromatic N) is 2. The molecule has 2 N–H and O–H groups in total. The Morgan fingerprint density at radius 2 is 1.74 bits per heavy atom. The van der Waals surface area contributed by atoms with Crippen molar-refractivity contribution in [2.75, 3.05) is 0 Å². The lowest BCUT2D eigenvalue weighted by Gasteiger charge is -2.07. The van der Waals surface area contributed by atoms with E-state index in [4.69, 9.17) is 5.73 Å². The van der Waals surface area contributed by atoms with Crippen molar-refractivity contribution in [3.63, 3.8) is 0 Å². The molecule has 1 aromatic heterocycles. The first-order chi connectivity index (χ1) is 9.26. The van der Waals surface area contributed by atoms with E-state index in [1.165, 1.54) is 5.56 Å². The summed E-state index contributed by atoms with van der Waals surface area (Å²) in [4.78, 5) is 3.94. The zero-order valence-corrected chi connectivity index (χ0v) is 10.8. The van der Waals surface area contributed by atoms with Crippen molar-refractivity contribution in [2.24, 2.45) is 5.73 Å². The van der Waals surface area contributed by atoms with Gasteiger partial charge in [0.15, 0.2) is 0 Å². The van der Waals surface area contributed by atoms with E-state index in [0.717, 1.165) is 17.5 Å². The molecule has 0 aliphatic rings. The zero-order valence-electron chi connectivity index (χ0n) is 10.8. The second-order valence-electron chi connectivity index (χ2n) is 4.19. The summed E-state index contributed by atoms with van der Waals surface area (Å²) >= 11 is 0. The van der Waals surface area contributed by atoms with E-state index in [9.17, 15) is 5.26 Å². The average molecular weight is 249 g/mol. The summed E-state index contributed by atoms with van der Waals surface area (Å²) in [5.74, 6) is 0. The minimum atomic E-state index is 0.478. The van der Waals surface area contributed by atoms with E-state index < -0.39 is 0 Å². The van der Waals surface area contributed by atoms with Crippen LogP contribution in [0.1, 0.15) is 23.6 Å². The topological polar surface area (TPSA) is 62.7 Å². The average Bonchev–Trinajstić information content (AvgIpc) is 2.49. The Morgan fingerprint density at radius 1 is 1.11 bits per heavy atom. The van der Waals surface area contributed by atoms with E-state index in [1.807, 2.05) is 24.3 Å². The molecule has 0 atom stereocenters. The SMILES string of the molecule is CCc1ccc(/C(N)=C(/C#N)c2ccncc2)cc1. The summed E-state index contributed by atoms with van der Waals surface area (Å²) in [6.07, 6.45) is 4.29. The fraction of sp³-hybridized carbons (Fsp3) is 0.125. The molecule has 3 nitrogen and oxygen atoms in total. The van der Waals surface area contributed by atoms with Crippen LogP contribution in [0.3, 0.4) is 0 Å². The lowest BCUT2D eigenvalue weighted by molar-refractivity contribution is 1.14. The number of rotatable bonds is 3. The van der Waals surface area contributed by atoms with Crippen molar-refractivity contribution in [1.29, 1.82) is 5.26 Å². The van der Waals surface area contributed by atoms with Crippen molar-refractivity contribution in [2.45, 2.75) is 13.3 Å². The standard InChI is InChI=1S/C16H15N3/c1-2-12-3-5-14(6-4-12)16(18)15(11-17)13-7-9-19-10-8-13/h3-10H,2,18H2,1H3/b16-15+. The van der Waals surface area contributed by atoms with E-state index >= 15 is 0 Å². The summed E-state index contributed by atoms with van der Waals surface area (Å²) in [6, 6.07) is 13.7. The molecule has 2 aromatic rings. The molecule has 0 aliphatic carbocycles. The predicted molar refractivity (Wildman–Crippen MR) is 76.7 cm³/mol. The number of aromatic nitrogens is 1. The van der Waals surface area contributed by atoms with E-state index in [2.05, 4.69) is 18.0 Å². The van der Waals surface area contributed by atoms with E-state index in [0.29, 0.717) is 11.3 Å². The first-order valence-electron chi connectivity index (χ1n) is 6.15. The number of aryl methyl sites for hydroxylation is 1. The van der Waals surface area contributed by atoms with Gasteiger partial charge in [0.2, 0.25) is 0 Å². The molecule has 0 fully saturated rings. The Morgan fingerprint density at radius 3 is 2.26 bits per heavy atom. The molecule has 1 heterocycles. The predicted octanol–water partition coefficient (Wildman–Crippen LogP) is 2.99. The minimum Gasteiger partial charge on any atom is -0.397 e. The highest BCUT2D eigenvalue weighted by atomic mass is 14.6. The van der Waals surface area contributed by atoms with Crippen LogP contribution in [0.5, 0.6) is 0 Å². The molecule has 94 valence electrons. The number of hydrogen-bond acceptors (Lipinski definition) is 3. The third-order valence-corrected chi connectivity index (χ3v) is 3.02. The van der Waals surface area contributed by atoms with Crippen molar-refractivity contribution in [3.05, 3.63) is 65.5 Å². The largest absolute Gasteiger partial charge is 0.397 e. The normalized spacial score (nSPS) is 11.6. The molecule has 0 amide bonds. The highest BCUT2D eigenvalue weighted by molar-refractivity contribution is 5.95. The van der Waals surface area contributed by atoms with Crippen molar-refractivity contribution in [3.8, 4) is 6.07 Å². The van der Waals surface area contributed by atoms with Crippen LogP contribution in [-0.2, 0) is 6.42 Å². The highest BCUT2D eigenvalue weighted by Crippen LogP contribution is 2.22. The van der Waals surface area contributed by atoms with Crippen LogP contribution in [0, 0.1) is 11.3 Å². The van der Waals surface area contributed by atoms with Gasteiger partial charge in [-0.2, -0.15) is 5.26 Å². The Bertz CT molecular complexity index is 619. The monoisotopic (exact) mass is 249 g/mol. The van der Waals surface area contributed by atoms with E-state index in [-0.39, 0.29) is 0 Å². The first kappa shape index (κ1) is 12.8. The third-order valence-electron chi connectivity index (χ3n) is 3.02. The zero-order chi connectivity index (χ0) is 13.7. The van der Waals surface area contributed by atoms with Gasteiger partial charge in [-0.25, -0.2) is 0 Å². The number of nitrogens with two attached hydrogens (primary N) is 1. The summed E-state index contributed by atoms with van der Waals surface area (Å²) in [6.45, 7) is 2.10. The van der Waals surface area contributed by atoms with Crippen LogP contribution in [0.15, 0.2) is 48.8 Å². The van der Waals surface area contributed by atoms with Gasteiger partial charge in [-0.05, 0) is 35.2 Å². The lowest BCUT2D eigenvalue weighted by atomic mass is 10.0. The summed E-state index contributed by atoms with van der Waals surface area (Å²) < 4.78 is 0. The van der Waals surface area contributed by atoms with Gasteiger partial charge in [0.05, 0.1) is 11.3 Å². The van der Waals surface area contributed by atoms with Crippen LogP contribution < -0.4 is 5.73 Å². The Kier molecular flexibility index (Phi) is 3.94. The molecule has 1 aromatic carbocycles. The molecule has 0 unspecified atom stereocenters. The summed E-state index contributed by atoms with van der Waals surface area (Å²) in [5.41, 5.74) is 9.99. The third kappa shape index (κ3) is 2.80. The molecule has 0 spiro atoms.